The summed E-state index contributed by atoms with van der Waals surface area (Å²) in [5.41, 5.74) is -0.0426. The summed E-state index contributed by atoms with van der Waals surface area (Å²) in [4.78, 5) is 37.2. The topological polar surface area (TPSA) is 50.3 Å². The van der Waals surface area contributed by atoms with Crippen LogP contribution in [0.25, 0.3) is 0 Å². The van der Waals surface area contributed by atoms with Crippen LogP contribution in [0.4, 0.5) is 9.59 Å². The highest BCUT2D eigenvalue weighted by molar-refractivity contribution is 5.94. The molecule has 3 fully saturated rings. The molecule has 0 aromatic heterocycles. The lowest BCUT2D eigenvalue weighted by molar-refractivity contribution is -0.0444. The smallest absolute Gasteiger partial charge is 0.319 e. The first-order valence-corrected chi connectivity index (χ1v) is 12.2. The summed E-state index contributed by atoms with van der Waals surface area (Å²) in [6.45, 7) is 19.3. The molecule has 0 unspecified atom stereocenters. The Morgan fingerprint density at radius 2 is 0.812 bits per heavy atom. The quantitative estimate of drug-likeness (QED) is 0.637. The number of hydrogen-bond donors (Lipinski definition) is 0. The second kappa shape index (κ2) is 7.86. The van der Waals surface area contributed by atoms with E-state index < -0.39 is 0 Å². The monoisotopic (exact) mass is 449 g/mol. The standard InChI is InChI=1S/C25H47N5O2/c1-22(2)14-18(15-23(3,4)27(22)10)29-12-13-30(21(32)26(9)20(29)31)19-16-24(5,6)28(11)25(7,8)17-19/h18-19H,12-17H2,1-11H3. The largest absolute Gasteiger partial charge is 0.328 e. The van der Waals surface area contributed by atoms with Gasteiger partial charge in [0.1, 0.15) is 0 Å². The second-order valence-corrected chi connectivity index (χ2v) is 13.0. The molecular weight excluding hydrogens is 402 g/mol. The zero-order chi connectivity index (χ0) is 24.4. The van der Waals surface area contributed by atoms with Crippen molar-refractivity contribution in [1.82, 2.24) is 24.5 Å². The van der Waals surface area contributed by atoms with Crippen LogP contribution < -0.4 is 0 Å². The van der Waals surface area contributed by atoms with Crippen LogP contribution in [0.5, 0.6) is 0 Å². The van der Waals surface area contributed by atoms with E-state index in [1.807, 2.05) is 9.80 Å². The fraction of sp³-hybridized carbons (Fsp3) is 0.920. The Morgan fingerprint density at radius 3 is 1.06 bits per heavy atom. The van der Waals surface area contributed by atoms with Crippen molar-refractivity contribution in [1.29, 1.82) is 0 Å². The Bertz CT molecular complexity index is 661. The summed E-state index contributed by atoms with van der Waals surface area (Å²) in [6.07, 6.45) is 3.65. The van der Waals surface area contributed by atoms with Gasteiger partial charge in [-0.05, 0) is 95.2 Å². The van der Waals surface area contributed by atoms with E-state index in [0.29, 0.717) is 13.1 Å². The van der Waals surface area contributed by atoms with Crippen molar-refractivity contribution in [3.8, 4) is 0 Å². The van der Waals surface area contributed by atoms with Crippen LogP contribution in [0.3, 0.4) is 0 Å². The number of nitrogens with zero attached hydrogens (tertiary/aromatic N) is 5. The van der Waals surface area contributed by atoms with Gasteiger partial charge in [-0.25, -0.2) is 14.5 Å². The van der Waals surface area contributed by atoms with Crippen LogP contribution in [-0.4, -0.2) is 105 Å². The van der Waals surface area contributed by atoms with Gasteiger partial charge in [-0.1, -0.05) is 0 Å². The first-order valence-electron chi connectivity index (χ1n) is 12.2. The van der Waals surface area contributed by atoms with Gasteiger partial charge in [0.15, 0.2) is 0 Å². The van der Waals surface area contributed by atoms with Gasteiger partial charge in [0.25, 0.3) is 0 Å². The third-order valence-electron chi connectivity index (χ3n) is 9.10. The molecule has 7 nitrogen and oxygen atoms in total. The van der Waals surface area contributed by atoms with Crippen molar-refractivity contribution in [2.75, 3.05) is 34.2 Å². The van der Waals surface area contributed by atoms with E-state index in [2.05, 4.69) is 79.3 Å². The second-order valence-electron chi connectivity index (χ2n) is 13.0. The van der Waals surface area contributed by atoms with Crippen molar-refractivity contribution in [3.05, 3.63) is 0 Å². The van der Waals surface area contributed by atoms with Gasteiger partial charge in [-0.15, -0.1) is 0 Å². The van der Waals surface area contributed by atoms with Gasteiger partial charge >= 0.3 is 12.1 Å². The summed E-state index contributed by atoms with van der Waals surface area (Å²) in [5.74, 6) is 0. The van der Waals surface area contributed by atoms with Crippen LogP contribution >= 0.6 is 0 Å². The SMILES string of the molecule is CN1C(=O)N(C2CC(C)(C)N(C)C(C)(C)C2)CCN(C2CC(C)(C)N(C)C(C)(C)C2)C1=O. The Kier molecular flexibility index (Phi) is 6.21. The fourth-order valence-corrected chi connectivity index (χ4v) is 6.63. The lowest BCUT2D eigenvalue weighted by atomic mass is 9.76. The molecule has 184 valence electrons. The van der Waals surface area contributed by atoms with E-state index >= 15 is 0 Å². The van der Waals surface area contributed by atoms with Crippen LogP contribution in [0.1, 0.15) is 81.1 Å². The predicted octanol–water partition coefficient (Wildman–Crippen LogP) is 4.08. The van der Waals surface area contributed by atoms with Gasteiger partial charge < -0.3 is 9.80 Å². The van der Waals surface area contributed by atoms with Crippen molar-refractivity contribution in [2.45, 2.75) is 115 Å². The minimum absolute atomic E-state index is 0.0106. The number of amides is 4. The molecule has 32 heavy (non-hydrogen) atoms. The van der Waals surface area contributed by atoms with Crippen molar-refractivity contribution < 1.29 is 9.59 Å². The van der Waals surface area contributed by atoms with Gasteiger partial charge in [-0.3, -0.25) is 9.80 Å². The molecule has 3 rings (SSSR count). The fourth-order valence-electron chi connectivity index (χ4n) is 6.63. The minimum Gasteiger partial charge on any atom is -0.319 e. The molecule has 0 saturated carbocycles. The predicted molar refractivity (Wildman–Crippen MR) is 130 cm³/mol. The summed E-state index contributed by atoms with van der Waals surface area (Å²) < 4.78 is 0. The number of urea groups is 2. The molecule has 0 atom stereocenters. The van der Waals surface area contributed by atoms with Crippen molar-refractivity contribution in [2.24, 2.45) is 0 Å². The van der Waals surface area contributed by atoms with E-state index in [9.17, 15) is 9.59 Å². The Labute approximate surface area is 196 Å². The molecule has 3 aliphatic rings. The first kappa shape index (κ1) is 25.3. The maximum absolute atomic E-state index is 13.5. The number of imide groups is 1. The number of hydrogen-bond acceptors (Lipinski definition) is 4. The lowest BCUT2D eigenvalue weighted by Crippen LogP contribution is -2.64. The van der Waals surface area contributed by atoms with Crippen LogP contribution in [0.2, 0.25) is 0 Å². The average Bonchev–Trinajstić information content (AvgIpc) is 2.75. The van der Waals surface area contributed by atoms with Gasteiger partial charge in [-0.2, -0.15) is 0 Å². The minimum atomic E-state index is -0.148. The number of likely N-dealkylation sites (tertiary alicyclic amines) is 2. The number of piperidine rings is 2. The number of carbonyl (C=O) groups excluding carboxylic acids is 2. The summed E-state index contributed by atoms with van der Waals surface area (Å²) in [6, 6.07) is -0.0382. The lowest BCUT2D eigenvalue weighted by Gasteiger charge is -2.55. The van der Waals surface area contributed by atoms with Gasteiger partial charge in [0.2, 0.25) is 0 Å². The first-order chi connectivity index (χ1) is 14.4. The summed E-state index contributed by atoms with van der Waals surface area (Å²) in [5, 5.41) is 0. The highest BCUT2D eigenvalue weighted by atomic mass is 16.2. The average molecular weight is 450 g/mol. The number of carbonyl (C=O) groups is 2. The third kappa shape index (κ3) is 4.27. The molecule has 0 aliphatic carbocycles. The molecule has 0 spiro atoms. The summed E-state index contributed by atoms with van der Waals surface area (Å²) in [7, 11) is 6.02. The molecule has 0 aromatic carbocycles. The van der Waals surface area contributed by atoms with E-state index in [1.165, 1.54) is 4.90 Å². The van der Waals surface area contributed by atoms with Gasteiger partial charge in [0, 0.05) is 54.4 Å². The summed E-state index contributed by atoms with van der Waals surface area (Å²) >= 11 is 0. The van der Waals surface area contributed by atoms with E-state index in [0.717, 1.165) is 25.7 Å². The Morgan fingerprint density at radius 1 is 0.562 bits per heavy atom. The van der Waals surface area contributed by atoms with E-state index in [4.69, 9.17) is 0 Å². The molecule has 0 bridgehead atoms. The maximum atomic E-state index is 13.5. The molecule has 0 N–H and O–H groups in total. The highest BCUT2D eigenvalue weighted by Crippen LogP contribution is 2.41. The molecule has 3 saturated heterocycles. The molecule has 4 amide bonds. The molecule has 3 heterocycles. The zero-order valence-electron chi connectivity index (χ0n) is 22.4. The van der Waals surface area contributed by atoms with Crippen LogP contribution in [0.15, 0.2) is 0 Å². The molecular formula is C25H47N5O2. The van der Waals surface area contributed by atoms with Gasteiger partial charge in [0.05, 0.1) is 0 Å². The van der Waals surface area contributed by atoms with E-state index in [1.54, 1.807) is 7.05 Å². The Balaban J connectivity index is 1.85. The normalized spacial score (nSPS) is 30.0. The zero-order valence-corrected chi connectivity index (χ0v) is 22.4. The molecule has 0 radical (unpaired) electrons. The molecule has 0 aromatic rings. The number of rotatable bonds is 2. The Hall–Kier alpha value is -1.34. The van der Waals surface area contributed by atoms with Crippen molar-refractivity contribution >= 4 is 12.1 Å². The molecule has 3 aliphatic heterocycles. The van der Waals surface area contributed by atoms with Crippen LogP contribution in [0, 0.1) is 0 Å². The third-order valence-corrected chi connectivity index (χ3v) is 9.10. The van der Waals surface area contributed by atoms with E-state index in [-0.39, 0.29) is 46.3 Å². The van der Waals surface area contributed by atoms with Crippen molar-refractivity contribution in [3.63, 3.8) is 0 Å². The highest BCUT2D eigenvalue weighted by Gasteiger charge is 2.50. The molecule has 7 heteroatoms. The maximum Gasteiger partial charge on any atom is 0.328 e. The van der Waals surface area contributed by atoms with Crippen LogP contribution in [-0.2, 0) is 0 Å².